The largest absolute Gasteiger partial charge is 0.311 e. The Morgan fingerprint density at radius 1 is 1.24 bits per heavy atom. The van der Waals surface area contributed by atoms with Gasteiger partial charge >= 0.3 is 0 Å². The maximum atomic E-state index is 3.79. The lowest BCUT2D eigenvalue weighted by atomic mass is 9.86. The van der Waals surface area contributed by atoms with E-state index in [0.717, 1.165) is 17.8 Å². The third-order valence-corrected chi connectivity index (χ3v) is 4.71. The molecule has 0 spiro atoms. The summed E-state index contributed by atoms with van der Waals surface area (Å²) in [6, 6.07) is 0.681. The van der Waals surface area contributed by atoms with Crippen molar-refractivity contribution in [1.82, 2.24) is 10.2 Å². The van der Waals surface area contributed by atoms with Crippen molar-refractivity contribution in [1.29, 1.82) is 0 Å². The molecule has 1 N–H and O–H groups in total. The van der Waals surface area contributed by atoms with Crippen LogP contribution in [-0.2, 0) is 0 Å². The molecule has 2 aliphatic rings. The van der Waals surface area contributed by atoms with Gasteiger partial charge in [-0.05, 0) is 37.5 Å². The monoisotopic (exact) mass is 238 g/mol. The van der Waals surface area contributed by atoms with Crippen molar-refractivity contribution in [3.05, 3.63) is 0 Å². The first-order valence-corrected chi connectivity index (χ1v) is 7.42. The quantitative estimate of drug-likeness (QED) is 0.810. The van der Waals surface area contributed by atoms with Crippen molar-refractivity contribution >= 4 is 0 Å². The molecular formula is C15H30N2. The third kappa shape index (κ3) is 2.85. The molecule has 17 heavy (non-hydrogen) atoms. The van der Waals surface area contributed by atoms with Gasteiger partial charge in [-0.25, -0.2) is 0 Å². The molecule has 1 heterocycles. The minimum absolute atomic E-state index is 0.426. The highest BCUT2D eigenvalue weighted by atomic mass is 15.3. The van der Waals surface area contributed by atoms with E-state index in [1.807, 2.05) is 0 Å². The van der Waals surface area contributed by atoms with E-state index < -0.39 is 0 Å². The highest BCUT2D eigenvalue weighted by Gasteiger charge is 2.48. The van der Waals surface area contributed by atoms with Crippen LogP contribution in [0.1, 0.15) is 47.5 Å². The van der Waals surface area contributed by atoms with Crippen LogP contribution >= 0.6 is 0 Å². The van der Waals surface area contributed by atoms with E-state index in [9.17, 15) is 0 Å². The van der Waals surface area contributed by atoms with Crippen LogP contribution in [0.4, 0.5) is 0 Å². The first-order chi connectivity index (χ1) is 7.93. The minimum Gasteiger partial charge on any atom is -0.311 e. The van der Waals surface area contributed by atoms with Gasteiger partial charge in [0, 0.05) is 31.2 Å². The van der Waals surface area contributed by atoms with Gasteiger partial charge in [0.15, 0.2) is 0 Å². The second-order valence-corrected chi connectivity index (χ2v) is 7.16. The van der Waals surface area contributed by atoms with Crippen LogP contribution in [0.15, 0.2) is 0 Å². The SMILES string of the molecule is CC(C)CN1CC(C(C)C)NCC1(C)C1CC1. The Bertz CT molecular complexity index is 258. The van der Waals surface area contributed by atoms with Crippen molar-refractivity contribution in [2.75, 3.05) is 19.6 Å². The van der Waals surface area contributed by atoms with E-state index in [1.54, 1.807) is 0 Å². The van der Waals surface area contributed by atoms with Gasteiger partial charge in [-0.15, -0.1) is 0 Å². The lowest BCUT2D eigenvalue weighted by Gasteiger charge is -2.50. The Kier molecular flexibility index (Phi) is 3.84. The lowest BCUT2D eigenvalue weighted by Crippen LogP contribution is -2.65. The summed E-state index contributed by atoms with van der Waals surface area (Å²) in [4.78, 5) is 2.79. The molecule has 100 valence electrons. The summed E-state index contributed by atoms with van der Waals surface area (Å²) in [5.74, 6) is 2.47. The van der Waals surface area contributed by atoms with E-state index in [4.69, 9.17) is 0 Å². The predicted octanol–water partition coefficient (Wildman–Crippen LogP) is 2.74. The Hall–Kier alpha value is -0.0800. The van der Waals surface area contributed by atoms with Crippen molar-refractivity contribution < 1.29 is 0 Å². The summed E-state index contributed by atoms with van der Waals surface area (Å²) >= 11 is 0. The van der Waals surface area contributed by atoms with Crippen LogP contribution in [0.3, 0.4) is 0 Å². The smallest absolute Gasteiger partial charge is 0.0334 e. The van der Waals surface area contributed by atoms with Gasteiger partial charge in [0.25, 0.3) is 0 Å². The third-order valence-electron chi connectivity index (χ3n) is 4.71. The molecule has 2 nitrogen and oxygen atoms in total. The van der Waals surface area contributed by atoms with E-state index in [1.165, 1.54) is 32.5 Å². The molecule has 1 aliphatic heterocycles. The Balaban J connectivity index is 2.06. The first kappa shape index (κ1) is 13.4. The summed E-state index contributed by atoms with van der Waals surface area (Å²) in [6.07, 6.45) is 2.89. The maximum absolute atomic E-state index is 3.79. The van der Waals surface area contributed by atoms with Crippen molar-refractivity contribution in [3.8, 4) is 0 Å². The van der Waals surface area contributed by atoms with E-state index >= 15 is 0 Å². The lowest BCUT2D eigenvalue weighted by molar-refractivity contribution is 0.0167. The summed E-state index contributed by atoms with van der Waals surface area (Å²) in [5.41, 5.74) is 0.426. The zero-order valence-corrected chi connectivity index (χ0v) is 12.3. The molecule has 0 amide bonds. The van der Waals surface area contributed by atoms with Gasteiger partial charge in [-0.3, -0.25) is 4.90 Å². The van der Waals surface area contributed by atoms with Gasteiger partial charge < -0.3 is 5.32 Å². The second-order valence-electron chi connectivity index (χ2n) is 7.16. The molecule has 0 bridgehead atoms. The van der Waals surface area contributed by atoms with Crippen LogP contribution in [0.2, 0.25) is 0 Å². The van der Waals surface area contributed by atoms with Gasteiger partial charge in [0.2, 0.25) is 0 Å². The fourth-order valence-electron chi connectivity index (χ4n) is 3.24. The van der Waals surface area contributed by atoms with E-state index in [0.29, 0.717) is 11.6 Å². The number of nitrogens with one attached hydrogen (secondary N) is 1. The Labute approximate surface area is 107 Å². The molecule has 1 saturated carbocycles. The van der Waals surface area contributed by atoms with Gasteiger partial charge in [-0.2, -0.15) is 0 Å². The van der Waals surface area contributed by atoms with Crippen molar-refractivity contribution in [2.24, 2.45) is 17.8 Å². The molecule has 2 heteroatoms. The minimum atomic E-state index is 0.426. The molecule has 0 aromatic carbocycles. The average molecular weight is 238 g/mol. The fourth-order valence-corrected chi connectivity index (χ4v) is 3.24. The summed E-state index contributed by atoms with van der Waals surface area (Å²) < 4.78 is 0. The molecule has 0 radical (unpaired) electrons. The molecule has 2 unspecified atom stereocenters. The van der Waals surface area contributed by atoms with Crippen LogP contribution < -0.4 is 5.32 Å². The molecule has 2 fully saturated rings. The van der Waals surface area contributed by atoms with Gasteiger partial charge in [0.1, 0.15) is 0 Å². The Morgan fingerprint density at radius 2 is 1.88 bits per heavy atom. The molecule has 1 saturated heterocycles. The number of hydrogen-bond acceptors (Lipinski definition) is 2. The number of nitrogens with zero attached hydrogens (tertiary/aromatic N) is 1. The average Bonchev–Trinajstić information content (AvgIpc) is 3.03. The van der Waals surface area contributed by atoms with Gasteiger partial charge in [-0.1, -0.05) is 27.7 Å². The molecule has 0 aromatic heterocycles. The zero-order chi connectivity index (χ0) is 12.6. The highest BCUT2D eigenvalue weighted by molar-refractivity contribution is 5.05. The standard InChI is InChI=1S/C15H30N2/c1-11(2)8-17-9-14(12(3)4)16-10-15(17,5)13-6-7-13/h11-14,16H,6-10H2,1-5H3. The number of piperazine rings is 1. The topological polar surface area (TPSA) is 15.3 Å². The molecule has 2 rings (SSSR count). The second kappa shape index (κ2) is 4.89. The number of rotatable bonds is 4. The molecular weight excluding hydrogens is 208 g/mol. The predicted molar refractivity (Wildman–Crippen MR) is 74.2 cm³/mol. The molecule has 0 aromatic rings. The number of hydrogen-bond donors (Lipinski definition) is 1. The van der Waals surface area contributed by atoms with E-state index in [-0.39, 0.29) is 0 Å². The highest BCUT2D eigenvalue weighted by Crippen LogP contribution is 2.44. The van der Waals surface area contributed by atoms with Crippen LogP contribution in [0.25, 0.3) is 0 Å². The first-order valence-electron chi connectivity index (χ1n) is 7.42. The van der Waals surface area contributed by atoms with Crippen LogP contribution in [-0.4, -0.2) is 36.1 Å². The summed E-state index contributed by atoms with van der Waals surface area (Å²) in [6.45, 7) is 15.5. The van der Waals surface area contributed by atoms with Gasteiger partial charge in [0.05, 0.1) is 0 Å². The van der Waals surface area contributed by atoms with Crippen LogP contribution in [0, 0.1) is 17.8 Å². The van der Waals surface area contributed by atoms with E-state index in [2.05, 4.69) is 44.8 Å². The zero-order valence-electron chi connectivity index (χ0n) is 12.3. The van der Waals surface area contributed by atoms with Crippen LogP contribution in [0.5, 0.6) is 0 Å². The fraction of sp³-hybridized carbons (Fsp3) is 1.00. The molecule has 1 aliphatic carbocycles. The van der Waals surface area contributed by atoms with Crippen molar-refractivity contribution in [2.45, 2.75) is 59.0 Å². The summed E-state index contributed by atoms with van der Waals surface area (Å²) in [5, 5.41) is 3.79. The molecule has 2 atom stereocenters. The Morgan fingerprint density at radius 3 is 2.35 bits per heavy atom. The van der Waals surface area contributed by atoms with Crippen molar-refractivity contribution in [3.63, 3.8) is 0 Å². The summed E-state index contributed by atoms with van der Waals surface area (Å²) in [7, 11) is 0. The maximum Gasteiger partial charge on any atom is 0.0334 e. The normalized spacial score (nSPS) is 35.8.